The topological polar surface area (TPSA) is 91.9 Å². The van der Waals surface area contributed by atoms with Crippen LogP contribution in [0.4, 0.5) is 0 Å². The number of nitrogens with zero attached hydrogens (tertiary/aromatic N) is 2. The zero-order valence-electron chi connectivity index (χ0n) is 16.1. The van der Waals surface area contributed by atoms with Gasteiger partial charge in [-0.3, -0.25) is 0 Å². The molecule has 0 saturated heterocycles. The smallest absolute Gasteiger partial charge is 0.213 e. The molecule has 1 unspecified atom stereocenters. The van der Waals surface area contributed by atoms with E-state index in [0.717, 1.165) is 18.5 Å². The summed E-state index contributed by atoms with van der Waals surface area (Å²) in [5.41, 5.74) is -0.150. The molecular weight excluding hydrogens is 459 g/mol. The molecule has 8 heteroatoms. The van der Waals surface area contributed by atoms with Crippen molar-refractivity contribution in [3.05, 3.63) is 48.0 Å². The summed E-state index contributed by atoms with van der Waals surface area (Å²) in [6.45, 7) is 7.87. The lowest BCUT2D eigenvalue weighted by Crippen LogP contribution is -2.44. The van der Waals surface area contributed by atoms with Gasteiger partial charge in [-0.05, 0) is 38.0 Å². The first-order valence-corrected chi connectivity index (χ1v) is 8.91. The molecule has 0 saturated carbocycles. The van der Waals surface area contributed by atoms with Crippen LogP contribution in [0.15, 0.2) is 46.1 Å². The number of aliphatic imine (C=N–C) groups is 1. The average molecular weight is 488 g/mol. The van der Waals surface area contributed by atoms with Crippen molar-refractivity contribution in [3.63, 3.8) is 0 Å². The summed E-state index contributed by atoms with van der Waals surface area (Å²) in [6, 6.07) is 7.30. The summed E-state index contributed by atoms with van der Waals surface area (Å²) in [4.78, 5) is 8.81. The summed E-state index contributed by atoms with van der Waals surface area (Å²) in [5.74, 6) is 1.75. The summed E-state index contributed by atoms with van der Waals surface area (Å²) in [6.07, 6.45) is 4.26. The molecule has 150 valence electrons. The Bertz CT molecular complexity index is 673. The molecular formula is C19H29IN4O3. The lowest BCUT2D eigenvalue weighted by atomic mass is 10.0. The van der Waals surface area contributed by atoms with E-state index in [1.54, 1.807) is 31.5 Å². The molecule has 0 aliphatic heterocycles. The Morgan fingerprint density at radius 3 is 2.70 bits per heavy atom. The van der Waals surface area contributed by atoms with E-state index in [9.17, 15) is 5.11 Å². The lowest BCUT2D eigenvalue weighted by Gasteiger charge is -2.22. The first-order valence-electron chi connectivity index (χ1n) is 8.91. The van der Waals surface area contributed by atoms with Crippen LogP contribution in [0.1, 0.15) is 38.5 Å². The SMILES string of the molecule is CCCOc1ccc(CN=C(NCC)NCC(C)(O)c2ccco2)cn1.I. The molecule has 3 N–H and O–H groups in total. The van der Waals surface area contributed by atoms with E-state index in [0.29, 0.717) is 30.8 Å². The molecule has 27 heavy (non-hydrogen) atoms. The van der Waals surface area contributed by atoms with Gasteiger partial charge in [0.25, 0.3) is 0 Å². The van der Waals surface area contributed by atoms with Gasteiger partial charge in [-0.15, -0.1) is 24.0 Å². The minimum atomic E-state index is -1.13. The monoisotopic (exact) mass is 488 g/mol. The largest absolute Gasteiger partial charge is 0.478 e. The van der Waals surface area contributed by atoms with Crippen molar-refractivity contribution in [3.8, 4) is 5.88 Å². The molecule has 2 aromatic heterocycles. The summed E-state index contributed by atoms with van der Waals surface area (Å²) >= 11 is 0. The molecule has 2 rings (SSSR count). The number of halogens is 1. The lowest BCUT2D eigenvalue weighted by molar-refractivity contribution is 0.0386. The zero-order chi connectivity index (χ0) is 18.8. The summed E-state index contributed by atoms with van der Waals surface area (Å²) in [5, 5.41) is 16.8. The molecule has 0 radical (unpaired) electrons. The van der Waals surface area contributed by atoms with Crippen molar-refractivity contribution in [1.82, 2.24) is 15.6 Å². The third-order valence-electron chi connectivity index (χ3n) is 3.67. The second-order valence-electron chi connectivity index (χ2n) is 6.15. The Morgan fingerprint density at radius 1 is 1.30 bits per heavy atom. The van der Waals surface area contributed by atoms with Gasteiger partial charge in [-0.25, -0.2) is 9.98 Å². The van der Waals surface area contributed by atoms with Crippen molar-refractivity contribution < 1.29 is 14.3 Å². The number of ether oxygens (including phenoxy) is 1. The normalized spacial score (nSPS) is 13.4. The van der Waals surface area contributed by atoms with E-state index < -0.39 is 5.60 Å². The molecule has 1 atom stereocenters. The van der Waals surface area contributed by atoms with Crippen LogP contribution in [0, 0.1) is 0 Å². The van der Waals surface area contributed by atoms with E-state index in [1.165, 1.54) is 0 Å². The van der Waals surface area contributed by atoms with E-state index in [2.05, 4.69) is 27.5 Å². The van der Waals surface area contributed by atoms with Crippen LogP contribution in [0.2, 0.25) is 0 Å². The first kappa shape index (κ1) is 23.2. The van der Waals surface area contributed by atoms with Gasteiger partial charge < -0.3 is 24.9 Å². The van der Waals surface area contributed by atoms with Gasteiger partial charge in [-0.1, -0.05) is 13.0 Å². The maximum absolute atomic E-state index is 10.5. The van der Waals surface area contributed by atoms with Crippen LogP contribution in [0.25, 0.3) is 0 Å². The highest BCUT2D eigenvalue weighted by molar-refractivity contribution is 14.0. The van der Waals surface area contributed by atoms with Crippen LogP contribution < -0.4 is 15.4 Å². The molecule has 0 fully saturated rings. The predicted molar refractivity (Wildman–Crippen MR) is 117 cm³/mol. The third-order valence-corrected chi connectivity index (χ3v) is 3.67. The zero-order valence-corrected chi connectivity index (χ0v) is 18.4. The van der Waals surface area contributed by atoms with Gasteiger partial charge in [0, 0.05) is 18.8 Å². The maximum atomic E-state index is 10.5. The minimum Gasteiger partial charge on any atom is -0.478 e. The third kappa shape index (κ3) is 7.76. The molecule has 0 aromatic carbocycles. The number of furan rings is 1. The first-order chi connectivity index (χ1) is 12.5. The van der Waals surface area contributed by atoms with E-state index in [4.69, 9.17) is 9.15 Å². The Kier molecular flexibility index (Phi) is 10.2. The van der Waals surface area contributed by atoms with Crippen molar-refractivity contribution in [2.45, 2.75) is 39.3 Å². The number of aromatic nitrogens is 1. The van der Waals surface area contributed by atoms with E-state index >= 15 is 0 Å². The van der Waals surface area contributed by atoms with Crippen LogP contribution in [0.3, 0.4) is 0 Å². The number of hydrogen-bond donors (Lipinski definition) is 3. The standard InChI is InChI=1S/C19H28N4O3.HI/c1-4-10-26-17-9-8-15(12-21-17)13-22-18(20-5-2)23-14-19(3,24)16-7-6-11-25-16;/h6-9,11-12,24H,4-5,10,13-14H2,1-3H3,(H2,20,22,23);1H. The van der Waals surface area contributed by atoms with Crippen LogP contribution >= 0.6 is 24.0 Å². The Hall–Kier alpha value is -1.81. The highest BCUT2D eigenvalue weighted by Crippen LogP contribution is 2.19. The van der Waals surface area contributed by atoms with Crippen LogP contribution in [-0.2, 0) is 12.1 Å². The number of rotatable bonds is 9. The second-order valence-corrected chi connectivity index (χ2v) is 6.15. The average Bonchev–Trinajstić information content (AvgIpc) is 3.19. The molecule has 0 spiro atoms. The fourth-order valence-electron chi connectivity index (χ4n) is 2.24. The predicted octanol–water partition coefficient (Wildman–Crippen LogP) is 3.04. The van der Waals surface area contributed by atoms with Gasteiger partial charge in [0.05, 0.1) is 26.0 Å². The van der Waals surface area contributed by atoms with Gasteiger partial charge in [0.2, 0.25) is 5.88 Å². The number of aliphatic hydroxyl groups is 1. The van der Waals surface area contributed by atoms with Gasteiger partial charge in [0.1, 0.15) is 11.4 Å². The second kappa shape index (κ2) is 11.8. The van der Waals surface area contributed by atoms with Crippen molar-refractivity contribution >= 4 is 29.9 Å². The molecule has 0 bridgehead atoms. The van der Waals surface area contributed by atoms with Gasteiger partial charge in [0.15, 0.2) is 5.96 Å². The molecule has 0 aliphatic carbocycles. The van der Waals surface area contributed by atoms with Crippen molar-refractivity contribution in [2.75, 3.05) is 19.7 Å². The Morgan fingerprint density at radius 2 is 2.11 bits per heavy atom. The van der Waals surface area contributed by atoms with Gasteiger partial charge >= 0.3 is 0 Å². The summed E-state index contributed by atoms with van der Waals surface area (Å²) < 4.78 is 10.8. The van der Waals surface area contributed by atoms with Crippen molar-refractivity contribution in [2.24, 2.45) is 4.99 Å². The maximum Gasteiger partial charge on any atom is 0.213 e. The van der Waals surface area contributed by atoms with Gasteiger partial charge in [-0.2, -0.15) is 0 Å². The highest BCUT2D eigenvalue weighted by atomic mass is 127. The van der Waals surface area contributed by atoms with Crippen LogP contribution in [0.5, 0.6) is 5.88 Å². The van der Waals surface area contributed by atoms with E-state index in [1.807, 2.05) is 19.1 Å². The highest BCUT2D eigenvalue weighted by Gasteiger charge is 2.26. The molecule has 0 amide bonds. The quantitative estimate of drug-likeness (QED) is 0.286. The minimum absolute atomic E-state index is 0. The Labute approximate surface area is 177 Å². The van der Waals surface area contributed by atoms with Crippen molar-refractivity contribution in [1.29, 1.82) is 0 Å². The number of pyridine rings is 1. The summed E-state index contributed by atoms with van der Waals surface area (Å²) in [7, 11) is 0. The molecule has 7 nitrogen and oxygen atoms in total. The number of nitrogens with one attached hydrogen (secondary N) is 2. The molecule has 2 heterocycles. The Balaban J connectivity index is 0.00000364. The van der Waals surface area contributed by atoms with E-state index in [-0.39, 0.29) is 30.5 Å². The number of hydrogen-bond acceptors (Lipinski definition) is 5. The fourth-order valence-corrected chi connectivity index (χ4v) is 2.24. The molecule has 0 aliphatic rings. The molecule has 2 aromatic rings. The van der Waals surface area contributed by atoms with Crippen LogP contribution in [-0.4, -0.2) is 35.7 Å². The fraction of sp³-hybridized carbons (Fsp3) is 0.474. The number of guanidine groups is 1.